The molecule has 1 saturated heterocycles. The number of ether oxygens (including phenoxy) is 1. The molecular formula is C22H20F6N4O. The number of nitrogens with zero attached hydrogens (tertiary/aromatic N) is 2. The average molecular weight is 470 g/mol. The van der Waals surface area contributed by atoms with Crippen molar-refractivity contribution < 1.29 is 31.1 Å². The largest absolute Gasteiger partial charge is 0.416 e. The van der Waals surface area contributed by atoms with E-state index in [1.807, 2.05) is 0 Å². The van der Waals surface area contributed by atoms with Crippen LogP contribution in [0.2, 0.25) is 0 Å². The molecule has 5 nitrogen and oxygen atoms in total. The first kappa shape index (κ1) is 23.3. The van der Waals surface area contributed by atoms with Gasteiger partial charge in [-0.25, -0.2) is 0 Å². The minimum Gasteiger partial charge on any atom is -0.345 e. The Balaban J connectivity index is 1.72. The average Bonchev–Trinajstić information content (AvgIpc) is 3.19. The minimum atomic E-state index is -4.55. The van der Waals surface area contributed by atoms with Gasteiger partial charge < -0.3 is 16.2 Å². The molecule has 1 fully saturated rings. The monoisotopic (exact) mass is 470 g/mol. The van der Waals surface area contributed by atoms with Crippen molar-refractivity contribution in [2.24, 2.45) is 18.5 Å². The van der Waals surface area contributed by atoms with Gasteiger partial charge in [0.05, 0.1) is 22.9 Å². The summed E-state index contributed by atoms with van der Waals surface area (Å²) in [5.74, 6) is 0. The molecule has 11 heteroatoms. The van der Waals surface area contributed by atoms with Crippen molar-refractivity contribution in [3.8, 4) is 0 Å². The molecule has 4 N–H and O–H groups in total. The number of alkyl halides is 6. The van der Waals surface area contributed by atoms with Crippen LogP contribution in [0.5, 0.6) is 0 Å². The second-order valence-electron chi connectivity index (χ2n) is 8.20. The maximum Gasteiger partial charge on any atom is 0.416 e. The van der Waals surface area contributed by atoms with E-state index in [0.717, 1.165) is 24.3 Å². The third-order valence-corrected chi connectivity index (χ3v) is 5.76. The van der Waals surface area contributed by atoms with E-state index in [0.29, 0.717) is 5.56 Å². The van der Waals surface area contributed by atoms with Gasteiger partial charge in [0, 0.05) is 25.2 Å². The van der Waals surface area contributed by atoms with Crippen LogP contribution in [-0.2, 0) is 29.7 Å². The van der Waals surface area contributed by atoms with Gasteiger partial charge >= 0.3 is 12.4 Å². The molecule has 4 rings (SSSR count). The summed E-state index contributed by atoms with van der Waals surface area (Å²) < 4.78 is 85.4. The summed E-state index contributed by atoms with van der Waals surface area (Å²) in [6.07, 6.45) is -6.51. The van der Waals surface area contributed by atoms with Crippen LogP contribution >= 0.6 is 0 Å². The van der Waals surface area contributed by atoms with Gasteiger partial charge in [-0.15, -0.1) is 0 Å². The summed E-state index contributed by atoms with van der Waals surface area (Å²) in [6, 6.07) is 8.29. The third-order valence-electron chi connectivity index (χ3n) is 5.76. The Labute approximate surface area is 184 Å². The molecule has 0 amide bonds. The number of hydrogen-bond acceptors (Lipinski definition) is 4. The van der Waals surface area contributed by atoms with Crippen molar-refractivity contribution in [2.75, 3.05) is 0 Å². The van der Waals surface area contributed by atoms with E-state index >= 15 is 0 Å². The molecule has 2 atom stereocenters. The number of aromatic nitrogens is 2. The van der Waals surface area contributed by atoms with Crippen LogP contribution in [0.15, 0.2) is 60.9 Å². The van der Waals surface area contributed by atoms with Gasteiger partial charge in [-0.3, -0.25) is 4.68 Å². The molecule has 0 aliphatic carbocycles. The van der Waals surface area contributed by atoms with Crippen LogP contribution < -0.4 is 11.5 Å². The van der Waals surface area contributed by atoms with Gasteiger partial charge in [0.25, 0.3) is 0 Å². The first-order chi connectivity index (χ1) is 15.2. The topological polar surface area (TPSA) is 82.4 Å². The maximum absolute atomic E-state index is 13.0. The normalized spacial score (nSPS) is 21.3. The molecule has 1 aliphatic rings. The zero-order valence-corrected chi connectivity index (χ0v) is 17.3. The summed E-state index contributed by atoms with van der Waals surface area (Å²) in [5, 5.41) is 4.06. The van der Waals surface area contributed by atoms with E-state index in [9.17, 15) is 26.3 Å². The highest BCUT2D eigenvalue weighted by atomic mass is 19.4. The quantitative estimate of drug-likeness (QED) is 0.426. The number of rotatable bonds is 5. The SMILES string of the molecule is Cn1cc(C2OC2(N)CC(N)(c2ccc(C(F)(F)F)cc2)c2ccc(C(F)(F)F)cc2)cn1. The van der Waals surface area contributed by atoms with Crippen LogP contribution in [0.25, 0.3) is 0 Å². The molecule has 2 unspecified atom stereocenters. The first-order valence-corrected chi connectivity index (χ1v) is 9.82. The molecule has 1 aliphatic heterocycles. The summed E-state index contributed by atoms with van der Waals surface area (Å²) in [7, 11) is 1.71. The zero-order chi connectivity index (χ0) is 24.2. The Morgan fingerprint density at radius 2 is 1.30 bits per heavy atom. The number of nitrogens with two attached hydrogens (primary N) is 2. The van der Waals surface area contributed by atoms with Gasteiger partial charge in [-0.1, -0.05) is 24.3 Å². The lowest BCUT2D eigenvalue weighted by atomic mass is 9.77. The minimum absolute atomic E-state index is 0.101. The molecule has 0 bridgehead atoms. The fraction of sp³-hybridized carbons (Fsp3) is 0.318. The van der Waals surface area contributed by atoms with E-state index in [1.54, 1.807) is 24.1 Å². The second-order valence-corrected chi connectivity index (χ2v) is 8.20. The van der Waals surface area contributed by atoms with Gasteiger partial charge in [0.2, 0.25) is 0 Å². The fourth-order valence-electron chi connectivity index (χ4n) is 3.97. The highest BCUT2D eigenvalue weighted by molar-refractivity contribution is 5.42. The molecule has 0 saturated carbocycles. The fourth-order valence-corrected chi connectivity index (χ4v) is 3.97. The molecular weight excluding hydrogens is 450 g/mol. The van der Waals surface area contributed by atoms with Gasteiger partial charge in [0.15, 0.2) is 5.72 Å². The smallest absolute Gasteiger partial charge is 0.345 e. The third kappa shape index (κ3) is 4.48. The van der Waals surface area contributed by atoms with Crippen molar-refractivity contribution in [3.63, 3.8) is 0 Å². The Morgan fingerprint density at radius 1 is 0.879 bits per heavy atom. The Hall–Kier alpha value is -2.89. The van der Waals surface area contributed by atoms with Crippen molar-refractivity contribution in [2.45, 2.75) is 36.1 Å². The first-order valence-electron chi connectivity index (χ1n) is 9.82. The van der Waals surface area contributed by atoms with Crippen molar-refractivity contribution in [1.82, 2.24) is 9.78 Å². The molecule has 176 valence electrons. The van der Waals surface area contributed by atoms with E-state index in [2.05, 4.69) is 5.10 Å². The molecule has 0 radical (unpaired) electrons. The molecule has 1 aromatic heterocycles. The van der Waals surface area contributed by atoms with Crippen molar-refractivity contribution in [1.29, 1.82) is 0 Å². The van der Waals surface area contributed by atoms with Crippen LogP contribution in [0.4, 0.5) is 26.3 Å². The lowest BCUT2D eigenvalue weighted by molar-refractivity contribution is -0.138. The van der Waals surface area contributed by atoms with E-state index in [4.69, 9.17) is 16.2 Å². The number of aryl methyl sites for hydroxylation is 1. The number of halogens is 6. The van der Waals surface area contributed by atoms with Crippen LogP contribution in [-0.4, -0.2) is 15.5 Å². The highest BCUT2D eigenvalue weighted by Crippen LogP contribution is 2.52. The van der Waals surface area contributed by atoms with Gasteiger partial charge in [-0.05, 0) is 35.4 Å². The van der Waals surface area contributed by atoms with Crippen molar-refractivity contribution in [3.05, 3.63) is 88.7 Å². The molecule has 33 heavy (non-hydrogen) atoms. The molecule has 2 aromatic carbocycles. The van der Waals surface area contributed by atoms with E-state index < -0.39 is 40.8 Å². The Morgan fingerprint density at radius 3 is 1.67 bits per heavy atom. The van der Waals surface area contributed by atoms with Crippen LogP contribution in [0.3, 0.4) is 0 Å². The summed E-state index contributed by atoms with van der Waals surface area (Å²) in [4.78, 5) is 0. The highest BCUT2D eigenvalue weighted by Gasteiger charge is 2.58. The zero-order valence-electron chi connectivity index (χ0n) is 17.3. The van der Waals surface area contributed by atoms with Crippen molar-refractivity contribution >= 4 is 0 Å². The summed E-state index contributed by atoms with van der Waals surface area (Å²) in [5.41, 5.74) is 9.70. The summed E-state index contributed by atoms with van der Waals surface area (Å²) >= 11 is 0. The summed E-state index contributed by atoms with van der Waals surface area (Å²) in [6.45, 7) is 0. The van der Waals surface area contributed by atoms with Crippen LogP contribution in [0, 0.1) is 0 Å². The predicted octanol–water partition coefficient (Wildman–Crippen LogP) is 4.48. The molecule has 3 aromatic rings. The number of epoxide rings is 1. The second kappa shape index (κ2) is 7.57. The van der Waals surface area contributed by atoms with Gasteiger partial charge in [-0.2, -0.15) is 31.4 Å². The number of benzene rings is 2. The van der Waals surface area contributed by atoms with Crippen LogP contribution in [0.1, 0.15) is 40.3 Å². The number of hydrogen-bond donors (Lipinski definition) is 2. The van der Waals surface area contributed by atoms with E-state index in [-0.39, 0.29) is 17.5 Å². The molecule has 0 spiro atoms. The lowest BCUT2D eigenvalue weighted by Gasteiger charge is -2.33. The van der Waals surface area contributed by atoms with Gasteiger partial charge in [0.1, 0.15) is 6.10 Å². The maximum atomic E-state index is 13.0. The lowest BCUT2D eigenvalue weighted by Crippen LogP contribution is -2.45. The predicted molar refractivity (Wildman–Crippen MR) is 106 cm³/mol. The Kier molecular flexibility index (Phi) is 5.34. The Bertz CT molecular complexity index is 1080. The molecule has 2 heterocycles. The standard InChI is InChI=1S/C22H20F6N4O/c1-32-11-13(10-31-32)18-20(30,33-18)12-19(29,14-2-6-16(7-3-14)21(23,24)25)15-4-8-17(9-5-15)22(26,27)28/h2-11,18H,12,29-30H2,1H3. The van der Waals surface area contributed by atoms with E-state index in [1.165, 1.54) is 24.3 Å².